The molecule has 2 N–H and O–H groups in total. The molecule has 0 unspecified atom stereocenters. The van der Waals surface area contributed by atoms with Crippen molar-refractivity contribution in [3.63, 3.8) is 0 Å². The van der Waals surface area contributed by atoms with Gasteiger partial charge in [-0.25, -0.2) is 4.79 Å². The number of hydrogen-bond donors (Lipinski definition) is 1. The van der Waals surface area contributed by atoms with Crippen LogP contribution >= 0.6 is 0 Å². The van der Waals surface area contributed by atoms with E-state index in [4.69, 9.17) is 5.73 Å². The summed E-state index contributed by atoms with van der Waals surface area (Å²) in [6.45, 7) is 2.00. The molecule has 2 aliphatic rings. The molecule has 3 rings (SSSR count). The van der Waals surface area contributed by atoms with Gasteiger partial charge in [0.15, 0.2) is 5.78 Å². The van der Waals surface area contributed by atoms with Gasteiger partial charge in [0, 0.05) is 20.6 Å². The number of carbonyl (C=O) groups is 1. The monoisotopic (exact) mass is 334 g/mol. The fourth-order valence-electron chi connectivity index (χ4n) is 4.22. The van der Waals surface area contributed by atoms with Crippen LogP contribution in [0.15, 0.2) is 9.59 Å². The van der Waals surface area contributed by atoms with E-state index in [1.54, 1.807) is 0 Å². The fraction of sp³-hybridized carbons (Fsp3) is 0.706. The second kappa shape index (κ2) is 6.55. The zero-order chi connectivity index (χ0) is 17.4. The predicted molar refractivity (Wildman–Crippen MR) is 92.2 cm³/mol. The SMILES string of the molecule is Cn1c(N)c(C(=O)CN2CC[C@H]3CCCC[C@@H]3C2)c(=O)n(C)c1=O. The first-order valence-corrected chi connectivity index (χ1v) is 8.71. The van der Waals surface area contributed by atoms with E-state index in [1.807, 2.05) is 0 Å². The number of aromatic nitrogens is 2. The van der Waals surface area contributed by atoms with Crippen LogP contribution in [0.4, 0.5) is 5.82 Å². The molecular weight excluding hydrogens is 308 g/mol. The van der Waals surface area contributed by atoms with Gasteiger partial charge in [-0.15, -0.1) is 0 Å². The van der Waals surface area contributed by atoms with E-state index in [-0.39, 0.29) is 23.7 Å². The Hall–Kier alpha value is -1.89. The lowest BCUT2D eigenvalue weighted by molar-refractivity contribution is 0.0711. The van der Waals surface area contributed by atoms with Crippen molar-refractivity contribution < 1.29 is 4.79 Å². The first kappa shape index (κ1) is 17.0. The minimum absolute atomic E-state index is 0.0411. The molecule has 1 aliphatic heterocycles. The maximum absolute atomic E-state index is 12.7. The lowest BCUT2D eigenvalue weighted by Gasteiger charge is -2.41. The predicted octanol–water partition coefficient (Wildman–Crippen LogP) is 0.361. The number of Topliss-reactive ketones (excluding diaryl/α,β-unsaturated/α-hetero) is 1. The van der Waals surface area contributed by atoms with Crippen LogP contribution in [-0.4, -0.2) is 39.5 Å². The van der Waals surface area contributed by atoms with E-state index in [1.165, 1.54) is 39.8 Å². The first-order chi connectivity index (χ1) is 11.4. The molecule has 7 nitrogen and oxygen atoms in total. The van der Waals surface area contributed by atoms with Gasteiger partial charge in [-0.1, -0.05) is 19.3 Å². The van der Waals surface area contributed by atoms with Gasteiger partial charge in [-0.05, 0) is 31.2 Å². The topological polar surface area (TPSA) is 90.3 Å². The van der Waals surface area contributed by atoms with Crippen molar-refractivity contribution in [2.24, 2.45) is 25.9 Å². The van der Waals surface area contributed by atoms with Gasteiger partial charge in [0.25, 0.3) is 5.56 Å². The van der Waals surface area contributed by atoms with E-state index < -0.39 is 11.2 Å². The number of carbonyl (C=O) groups excluding carboxylic acids is 1. The molecule has 0 aromatic carbocycles. The Morgan fingerprint density at radius 3 is 2.46 bits per heavy atom. The first-order valence-electron chi connectivity index (χ1n) is 8.71. The average Bonchev–Trinajstić information content (AvgIpc) is 2.58. The highest BCUT2D eigenvalue weighted by Crippen LogP contribution is 2.35. The molecule has 132 valence electrons. The third-order valence-corrected chi connectivity index (χ3v) is 5.73. The third kappa shape index (κ3) is 2.92. The molecule has 0 radical (unpaired) electrons. The molecule has 0 spiro atoms. The quantitative estimate of drug-likeness (QED) is 0.806. The van der Waals surface area contributed by atoms with Crippen LogP contribution < -0.4 is 17.0 Å². The molecule has 1 saturated carbocycles. The molecule has 7 heteroatoms. The van der Waals surface area contributed by atoms with E-state index in [0.29, 0.717) is 5.92 Å². The molecule has 2 fully saturated rings. The molecule has 1 aromatic heterocycles. The minimum Gasteiger partial charge on any atom is -0.384 e. The Morgan fingerprint density at radius 1 is 1.08 bits per heavy atom. The number of anilines is 1. The zero-order valence-electron chi connectivity index (χ0n) is 14.5. The van der Waals surface area contributed by atoms with E-state index >= 15 is 0 Å². The second-order valence-corrected chi connectivity index (χ2v) is 7.22. The van der Waals surface area contributed by atoms with Crippen LogP contribution in [-0.2, 0) is 14.1 Å². The summed E-state index contributed by atoms with van der Waals surface area (Å²) < 4.78 is 2.10. The highest BCUT2D eigenvalue weighted by atomic mass is 16.2. The molecule has 0 bridgehead atoms. The van der Waals surface area contributed by atoms with E-state index in [2.05, 4.69) is 4.90 Å². The number of hydrogen-bond acceptors (Lipinski definition) is 5. The van der Waals surface area contributed by atoms with Crippen LogP contribution in [0.2, 0.25) is 0 Å². The van der Waals surface area contributed by atoms with E-state index in [0.717, 1.165) is 34.6 Å². The number of nitrogens with two attached hydrogens (primary N) is 1. The summed E-state index contributed by atoms with van der Waals surface area (Å²) in [5.74, 6) is 1.12. The second-order valence-electron chi connectivity index (χ2n) is 7.22. The highest BCUT2D eigenvalue weighted by molar-refractivity contribution is 6.01. The van der Waals surface area contributed by atoms with Crippen molar-refractivity contribution in [3.8, 4) is 0 Å². The van der Waals surface area contributed by atoms with Gasteiger partial charge in [0.1, 0.15) is 11.4 Å². The fourth-order valence-corrected chi connectivity index (χ4v) is 4.22. The minimum atomic E-state index is -0.604. The Bertz CT molecular complexity index is 764. The normalized spacial score (nSPS) is 24.6. The average molecular weight is 334 g/mol. The van der Waals surface area contributed by atoms with Gasteiger partial charge in [-0.2, -0.15) is 0 Å². The van der Waals surface area contributed by atoms with Crippen LogP contribution in [0.3, 0.4) is 0 Å². The number of piperidine rings is 1. The summed E-state index contributed by atoms with van der Waals surface area (Å²) in [6.07, 6.45) is 6.26. The Labute approximate surface area is 141 Å². The van der Waals surface area contributed by atoms with Crippen LogP contribution in [0, 0.1) is 11.8 Å². The van der Waals surface area contributed by atoms with Crippen molar-refractivity contribution in [1.29, 1.82) is 0 Å². The Morgan fingerprint density at radius 2 is 1.75 bits per heavy atom. The highest BCUT2D eigenvalue weighted by Gasteiger charge is 2.32. The lowest BCUT2D eigenvalue weighted by Crippen LogP contribution is -2.46. The van der Waals surface area contributed by atoms with Crippen molar-refractivity contribution in [2.45, 2.75) is 32.1 Å². The molecule has 1 saturated heterocycles. The van der Waals surface area contributed by atoms with Crippen molar-refractivity contribution >= 4 is 11.6 Å². The summed E-state index contributed by atoms with van der Waals surface area (Å²) in [5.41, 5.74) is 4.69. The molecule has 2 atom stereocenters. The molecule has 1 aliphatic carbocycles. The summed E-state index contributed by atoms with van der Waals surface area (Å²) in [6, 6.07) is 0. The summed E-state index contributed by atoms with van der Waals surface area (Å²) in [7, 11) is 2.84. The number of rotatable bonds is 3. The largest absolute Gasteiger partial charge is 0.384 e. The number of nitrogen functional groups attached to an aromatic ring is 1. The van der Waals surface area contributed by atoms with Crippen molar-refractivity contribution in [3.05, 3.63) is 26.4 Å². The summed E-state index contributed by atoms with van der Waals surface area (Å²) in [5, 5.41) is 0. The number of ketones is 1. The number of likely N-dealkylation sites (tertiary alicyclic amines) is 1. The molecular formula is C17H26N4O3. The standard InChI is InChI=1S/C17H26N4O3/c1-19-15(18)14(16(23)20(2)17(19)24)13(22)10-21-8-7-11-5-3-4-6-12(11)9-21/h11-12H,3-10,18H2,1-2H3/t11-,12-/m1/s1. The maximum Gasteiger partial charge on any atom is 0.332 e. The molecule has 0 amide bonds. The number of fused-ring (bicyclic) bond motifs is 1. The van der Waals surface area contributed by atoms with Crippen LogP contribution in [0.25, 0.3) is 0 Å². The Kier molecular flexibility index (Phi) is 4.62. The summed E-state index contributed by atoms with van der Waals surface area (Å²) in [4.78, 5) is 39.0. The van der Waals surface area contributed by atoms with Gasteiger partial charge in [-0.3, -0.25) is 23.6 Å². The molecule has 1 aromatic rings. The van der Waals surface area contributed by atoms with E-state index in [9.17, 15) is 14.4 Å². The van der Waals surface area contributed by atoms with Gasteiger partial charge in [0.2, 0.25) is 0 Å². The Balaban J connectivity index is 1.79. The van der Waals surface area contributed by atoms with Gasteiger partial charge >= 0.3 is 5.69 Å². The maximum atomic E-state index is 12.7. The van der Waals surface area contributed by atoms with Gasteiger partial charge in [0.05, 0.1) is 6.54 Å². The van der Waals surface area contributed by atoms with Crippen LogP contribution in [0.1, 0.15) is 42.5 Å². The third-order valence-electron chi connectivity index (χ3n) is 5.73. The zero-order valence-corrected chi connectivity index (χ0v) is 14.5. The summed E-state index contributed by atoms with van der Waals surface area (Å²) >= 11 is 0. The van der Waals surface area contributed by atoms with Crippen molar-refractivity contribution in [1.82, 2.24) is 14.0 Å². The molecule has 2 heterocycles. The molecule has 24 heavy (non-hydrogen) atoms. The lowest BCUT2D eigenvalue weighted by atomic mass is 9.75. The smallest absolute Gasteiger partial charge is 0.332 e. The van der Waals surface area contributed by atoms with Crippen molar-refractivity contribution in [2.75, 3.05) is 25.4 Å². The van der Waals surface area contributed by atoms with Crippen LogP contribution in [0.5, 0.6) is 0 Å². The van der Waals surface area contributed by atoms with Gasteiger partial charge < -0.3 is 5.73 Å². The number of nitrogens with zero attached hydrogens (tertiary/aromatic N) is 3.